The van der Waals surface area contributed by atoms with Gasteiger partial charge in [0, 0.05) is 24.2 Å². The Hall–Kier alpha value is -1.46. The molecule has 5 heteroatoms. The molecule has 1 aromatic heterocycles. The Kier molecular flexibility index (Phi) is 3.93. The third-order valence-electron chi connectivity index (χ3n) is 2.77. The molecule has 0 aliphatic carbocycles. The lowest BCUT2D eigenvalue weighted by atomic mass is 10.3. The Balaban J connectivity index is 2.33. The largest absolute Gasteiger partial charge is 0.326 e. The molecule has 2 aromatic rings. The maximum atomic E-state index is 13.2. The standard InChI is InChI=1S/C13H16FN3S/c1-3-11-12(8-15)18-13(16-11)17(2)10-6-4-5-9(14)7-10/h4-7H,3,8,15H2,1-2H3. The first-order chi connectivity index (χ1) is 8.65. The van der Waals surface area contributed by atoms with Crippen LogP contribution < -0.4 is 10.6 Å². The Morgan fingerprint density at radius 3 is 2.78 bits per heavy atom. The van der Waals surface area contributed by atoms with Gasteiger partial charge in [0.15, 0.2) is 5.13 Å². The summed E-state index contributed by atoms with van der Waals surface area (Å²) >= 11 is 1.56. The summed E-state index contributed by atoms with van der Waals surface area (Å²) in [5, 5.41) is 0.845. The monoisotopic (exact) mass is 265 g/mol. The van der Waals surface area contributed by atoms with Crippen LogP contribution in [0.15, 0.2) is 24.3 Å². The number of aryl methyl sites for hydroxylation is 1. The maximum absolute atomic E-state index is 13.2. The van der Waals surface area contributed by atoms with Gasteiger partial charge in [0.1, 0.15) is 5.82 Å². The Labute approximate surface area is 110 Å². The van der Waals surface area contributed by atoms with Crippen molar-refractivity contribution >= 4 is 22.2 Å². The lowest BCUT2D eigenvalue weighted by molar-refractivity contribution is 0.628. The van der Waals surface area contributed by atoms with E-state index in [1.807, 2.05) is 18.0 Å². The summed E-state index contributed by atoms with van der Waals surface area (Å²) in [6.45, 7) is 2.55. The molecule has 0 saturated carbocycles. The normalized spacial score (nSPS) is 10.7. The predicted molar refractivity (Wildman–Crippen MR) is 73.8 cm³/mol. The molecule has 3 nitrogen and oxygen atoms in total. The van der Waals surface area contributed by atoms with E-state index in [-0.39, 0.29) is 5.82 Å². The van der Waals surface area contributed by atoms with Crippen molar-refractivity contribution < 1.29 is 4.39 Å². The van der Waals surface area contributed by atoms with Crippen molar-refractivity contribution in [1.29, 1.82) is 0 Å². The number of benzene rings is 1. The van der Waals surface area contributed by atoms with Crippen molar-refractivity contribution in [3.05, 3.63) is 40.7 Å². The second kappa shape index (κ2) is 5.46. The molecule has 0 atom stereocenters. The van der Waals surface area contributed by atoms with Crippen LogP contribution in [0.3, 0.4) is 0 Å². The van der Waals surface area contributed by atoms with E-state index in [0.29, 0.717) is 6.54 Å². The van der Waals surface area contributed by atoms with Gasteiger partial charge < -0.3 is 10.6 Å². The predicted octanol–water partition coefficient (Wildman–Crippen LogP) is 3.07. The van der Waals surface area contributed by atoms with Crippen LogP contribution in [0.1, 0.15) is 17.5 Å². The number of anilines is 2. The van der Waals surface area contributed by atoms with Gasteiger partial charge in [-0.1, -0.05) is 24.3 Å². The van der Waals surface area contributed by atoms with Crippen molar-refractivity contribution in [2.24, 2.45) is 5.73 Å². The summed E-state index contributed by atoms with van der Waals surface area (Å²) in [7, 11) is 1.88. The molecule has 0 saturated heterocycles. The van der Waals surface area contributed by atoms with Gasteiger partial charge in [0.2, 0.25) is 0 Å². The van der Waals surface area contributed by atoms with Crippen LogP contribution in [0.5, 0.6) is 0 Å². The molecule has 18 heavy (non-hydrogen) atoms. The number of halogens is 1. The first-order valence-electron chi connectivity index (χ1n) is 5.83. The summed E-state index contributed by atoms with van der Waals surface area (Å²) < 4.78 is 13.2. The third-order valence-corrected chi connectivity index (χ3v) is 3.97. The summed E-state index contributed by atoms with van der Waals surface area (Å²) in [4.78, 5) is 7.52. The maximum Gasteiger partial charge on any atom is 0.190 e. The minimum absolute atomic E-state index is 0.245. The van der Waals surface area contributed by atoms with E-state index in [4.69, 9.17) is 5.73 Å². The molecule has 0 bridgehead atoms. The van der Waals surface area contributed by atoms with Gasteiger partial charge in [-0.15, -0.1) is 0 Å². The molecule has 2 rings (SSSR count). The fraction of sp³-hybridized carbons (Fsp3) is 0.308. The van der Waals surface area contributed by atoms with E-state index in [1.165, 1.54) is 12.1 Å². The molecular weight excluding hydrogens is 249 g/mol. The average molecular weight is 265 g/mol. The highest BCUT2D eigenvalue weighted by Gasteiger charge is 2.13. The van der Waals surface area contributed by atoms with Crippen LogP contribution in [0.2, 0.25) is 0 Å². The summed E-state index contributed by atoms with van der Waals surface area (Å²) in [6, 6.07) is 6.48. The first-order valence-corrected chi connectivity index (χ1v) is 6.65. The fourth-order valence-corrected chi connectivity index (χ4v) is 2.75. The highest BCUT2D eigenvalue weighted by Crippen LogP contribution is 2.30. The molecule has 0 fully saturated rings. The van der Waals surface area contributed by atoms with Crippen LogP contribution in [-0.4, -0.2) is 12.0 Å². The highest BCUT2D eigenvalue weighted by atomic mass is 32.1. The van der Waals surface area contributed by atoms with Gasteiger partial charge in [-0.25, -0.2) is 9.37 Å². The lowest BCUT2D eigenvalue weighted by Crippen LogP contribution is -2.09. The number of hydrogen-bond donors (Lipinski definition) is 1. The highest BCUT2D eigenvalue weighted by molar-refractivity contribution is 7.15. The van der Waals surface area contributed by atoms with Crippen molar-refractivity contribution in [2.75, 3.05) is 11.9 Å². The lowest BCUT2D eigenvalue weighted by Gasteiger charge is -2.15. The number of rotatable bonds is 4. The Bertz CT molecular complexity index is 517. The van der Waals surface area contributed by atoms with E-state index in [0.717, 1.165) is 27.8 Å². The van der Waals surface area contributed by atoms with Gasteiger partial charge in [-0.3, -0.25) is 0 Å². The molecule has 0 unspecified atom stereocenters. The number of aromatic nitrogens is 1. The zero-order valence-corrected chi connectivity index (χ0v) is 11.3. The van der Waals surface area contributed by atoms with E-state index in [2.05, 4.69) is 11.9 Å². The van der Waals surface area contributed by atoms with E-state index in [9.17, 15) is 4.39 Å². The molecule has 0 spiro atoms. The van der Waals surface area contributed by atoms with Crippen molar-refractivity contribution in [3.63, 3.8) is 0 Å². The van der Waals surface area contributed by atoms with Gasteiger partial charge in [0.25, 0.3) is 0 Å². The number of hydrogen-bond acceptors (Lipinski definition) is 4. The minimum Gasteiger partial charge on any atom is -0.326 e. The second-order valence-electron chi connectivity index (χ2n) is 3.96. The topological polar surface area (TPSA) is 42.2 Å². The Morgan fingerprint density at radius 2 is 2.22 bits per heavy atom. The van der Waals surface area contributed by atoms with Crippen molar-refractivity contribution in [1.82, 2.24) is 4.98 Å². The van der Waals surface area contributed by atoms with Crippen LogP contribution in [0.25, 0.3) is 0 Å². The van der Waals surface area contributed by atoms with E-state index in [1.54, 1.807) is 17.4 Å². The zero-order valence-electron chi connectivity index (χ0n) is 10.5. The van der Waals surface area contributed by atoms with Crippen LogP contribution in [-0.2, 0) is 13.0 Å². The fourth-order valence-electron chi connectivity index (χ4n) is 1.74. The number of nitrogens with two attached hydrogens (primary N) is 1. The van der Waals surface area contributed by atoms with E-state index >= 15 is 0 Å². The van der Waals surface area contributed by atoms with Crippen LogP contribution in [0.4, 0.5) is 15.2 Å². The van der Waals surface area contributed by atoms with Crippen molar-refractivity contribution in [3.8, 4) is 0 Å². The molecule has 2 N–H and O–H groups in total. The summed E-state index contributed by atoms with van der Waals surface area (Å²) in [5.74, 6) is -0.245. The molecule has 0 aliphatic rings. The van der Waals surface area contributed by atoms with Gasteiger partial charge >= 0.3 is 0 Å². The summed E-state index contributed by atoms with van der Waals surface area (Å²) in [5.41, 5.74) is 7.51. The number of nitrogens with zero attached hydrogens (tertiary/aromatic N) is 2. The molecule has 1 aromatic carbocycles. The van der Waals surface area contributed by atoms with Gasteiger partial charge in [0.05, 0.1) is 5.69 Å². The van der Waals surface area contributed by atoms with Crippen LogP contribution in [0, 0.1) is 5.82 Å². The zero-order chi connectivity index (χ0) is 13.1. The molecule has 1 heterocycles. The van der Waals surface area contributed by atoms with Crippen molar-refractivity contribution in [2.45, 2.75) is 19.9 Å². The first kappa shape index (κ1) is 13.0. The quantitative estimate of drug-likeness (QED) is 0.923. The smallest absolute Gasteiger partial charge is 0.190 e. The third kappa shape index (κ3) is 2.52. The van der Waals surface area contributed by atoms with Gasteiger partial charge in [-0.05, 0) is 24.6 Å². The number of thiazole rings is 1. The van der Waals surface area contributed by atoms with Gasteiger partial charge in [-0.2, -0.15) is 0 Å². The average Bonchev–Trinajstić information content (AvgIpc) is 2.81. The van der Waals surface area contributed by atoms with Crippen LogP contribution >= 0.6 is 11.3 Å². The van der Waals surface area contributed by atoms with E-state index < -0.39 is 0 Å². The SMILES string of the molecule is CCc1nc(N(C)c2cccc(F)c2)sc1CN. The Morgan fingerprint density at radius 1 is 1.44 bits per heavy atom. The molecule has 0 amide bonds. The molecular formula is C13H16FN3S. The molecule has 0 aliphatic heterocycles. The minimum atomic E-state index is -0.245. The second-order valence-corrected chi connectivity index (χ2v) is 5.02. The molecule has 96 valence electrons. The summed E-state index contributed by atoms with van der Waals surface area (Å²) in [6.07, 6.45) is 0.861. The molecule has 0 radical (unpaired) electrons.